The highest BCUT2D eigenvalue weighted by atomic mass is 32.2. The number of nitrogens with zero attached hydrogens (tertiary/aromatic N) is 1. The summed E-state index contributed by atoms with van der Waals surface area (Å²) in [6, 6.07) is 5.96. The Morgan fingerprint density at radius 1 is 1.53 bits per heavy atom. The van der Waals surface area contributed by atoms with E-state index in [1.807, 2.05) is 18.2 Å². The highest BCUT2D eigenvalue weighted by molar-refractivity contribution is 7.99. The van der Waals surface area contributed by atoms with E-state index in [9.17, 15) is 0 Å². The van der Waals surface area contributed by atoms with Gasteiger partial charge < -0.3 is 10.4 Å². The van der Waals surface area contributed by atoms with Gasteiger partial charge in [0.05, 0.1) is 5.03 Å². The van der Waals surface area contributed by atoms with Crippen molar-refractivity contribution in [1.82, 2.24) is 4.98 Å². The zero-order chi connectivity index (χ0) is 11.1. The Hall–Kier alpha value is -0.740. The van der Waals surface area contributed by atoms with Gasteiger partial charge in [0, 0.05) is 18.4 Å². The van der Waals surface area contributed by atoms with Crippen molar-refractivity contribution in [2.75, 3.05) is 18.5 Å². The van der Waals surface area contributed by atoms with Gasteiger partial charge in [0.25, 0.3) is 0 Å². The van der Waals surface area contributed by atoms with Crippen LogP contribution in [0.15, 0.2) is 23.2 Å². The van der Waals surface area contributed by atoms with E-state index in [2.05, 4.69) is 24.1 Å². The summed E-state index contributed by atoms with van der Waals surface area (Å²) in [5.41, 5.74) is 0. The van der Waals surface area contributed by atoms with Crippen molar-refractivity contribution >= 4 is 17.6 Å². The molecule has 1 aromatic heterocycles. The van der Waals surface area contributed by atoms with Gasteiger partial charge in [0.1, 0.15) is 5.82 Å². The van der Waals surface area contributed by atoms with Crippen molar-refractivity contribution < 1.29 is 5.11 Å². The van der Waals surface area contributed by atoms with Crippen molar-refractivity contribution in [3.8, 4) is 0 Å². The number of aliphatic hydroxyl groups is 1. The molecule has 3 nitrogen and oxygen atoms in total. The number of hydrogen-bond donors (Lipinski definition) is 2. The standard InChI is InChI=1S/C11H18N2OS/c1-3-12-10-5-4-6-11(13-10)15-9(2)7-8-14/h4-6,9,14H,3,7-8H2,1-2H3,(H,12,13). The first-order valence-corrected chi connectivity index (χ1v) is 6.12. The zero-order valence-corrected chi connectivity index (χ0v) is 10.0. The van der Waals surface area contributed by atoms with Crippen LogP contribution in [0.4, 0.5) is 5.82 Å². The van der Waals surface area contributed by atoms with Gasteiger partial charge in [-0.1, -0.05) is 13.0 Å². The molecule has 0 amide bonds. The van der Waals surface area contributed by atoms with Crippen LogP contribution >= 0.6 is 11.8 Å². The first-order chi connectivity index (χ1) is 7.26. The highest BCUT2D eigenvalue weighted by Crippen LogP contribution is 2.23. The predicted octanol–water partition coefficient (Wildman–Crippen LogP) is 2.38. The van der Waals surface area contributed by atoms with Crippen LogP contribution in [0.25, 0.3) is 0 Å². The van der Waals surface area contributed by atoms with E-state index in [-0.39, 0.29) is 6.61 Å². The van der Waals surface area contributed by atoms with Gasteiger partial charge in [0.2, 0.25) is 0 Å². The van der Waals surface area contributed by atoms with Gasteiger partial charge in [-0.3, -0.25) is 0 Å². The minimum absolute atomic E-state index is 0.237. The molecule has 0 bridgehead atoms. The lowest BCUT2D eigenvalue weighted by Crippen LogP contribution is -2.02. The van der Waals surface area contributed by atoms with Crippen LogP contribution < -0.4 is 5.32 Å². The van der Waals surface area contributed by atoms with Crippen LogP contribution in [0.1, 0.15) is 20.3 Å². The molecule has 0 saturated heterocycles. The van der Waals surface area contributed by atoms with Crippen molar-refractivity contribution in [2.45, 2.75) is 30.5 Å². The predicted molar refractivity (Wildman–Crippen MR) is 65.4 cm³/mol. The van der Waals surface area contributed by atoms with E-state index >= 15 is 0 Å². The third-order valence-electron chi connectivity index (χ3n) is 1.94. The Bertz CT molecular complexity index is 294. The quantitative estimate of drug-likeness (QED) is 0.731. The fourth-order valence-corrected chi connectivity index (χ4v) is 2.15. The molecule has 15 heavy (non-hydrogen) atoms. The second kappa shape index (κ2) is 6.69. The summed E-state index contributed by atoms with van der Waals surface area (Å²) in [6.07, 6.45) is 0.803. The molecule has 1 heterocycles. The molecule has 4 heteroatoms. The molecule has 0 aromatic carbocycles. The Balaban J connectivity index is 2.56. The number of nitrogens with one attached hydrogen (secondary N) is 1. The molecule has 2 N–H and O–H groups in total. The smallest absolute Gasteiger partial charge is 0.127 e. The lowest BCUT2D eigenvalue weighted by molar-refractivity contribution is 0.289. The summed E-state index contributed by atoms with van der Waals surface area (Å²) in [5, 5.41) is 13.4. The van der Waals surface area contributed by atoms with Gasteiger partial charge in [-0.2, -0.15) is 0 Å². The molecule has 0 aliphatic heterocycles. The van der Waals surface area contributed by atoms with Crippen LogP contribution in [0.2, 0.25) is 0 Å². The summed E-state index contributed by atoms with van der Waals surface area (Å²) < 4.78 is 0. The summed E-state index contributed by atoms with van der Waals surface area (Å²) in [5.74, 6) is 0.915. The molecular weight excluding hydrogens is 208 g/mol. The topological polar surface area (TPSA) is 45.1 Å². The SMILES string of the molecule is CCNc1cccc(SC(C)CCO)n1. The minimum atomic E-state index is 0.237. The number of anilines is 1. The monoisotopic (exact) mass is 226 g/mol. The summed E-state index contributed by atoms with van der Waals surface area (Å²) >= 11 is 1.70. The number of hydrogen-bond acceptors (Lipinski definition) is 4. The van der Waals surface area contributed by atoms with E-state index in [4.69, 9.17) is 5.11 Å². The normalized spacial score (nSPS) is 12.5. The van der Waals surface area contributed by atoms with Crippen LogP contribution in [0.3, 0.4) is 0 Å². The molecule has 0 spiro atoms. The average molecular weight is 226 g/mol. The van der Waals surface area contributed by atoms with E-state index in [0.717, 1.165) is 23.8 Å². The van der Waals surface area contributed by atoms with E-state index in [1.165, 1.54) is 0 Å². The lowest BCUT2D eigenvalue weighted by atomic mass is 10.3. The molecule has 0 aliphatic rings. The first-order valence-electron chi connectivity index (χ1n) is 5.24. The van der Waals surface area contributed by atoms with Crippen LogP contribution in [0, 0.1) is 0 Å². The fourth-order valence-electron chi connectivity index (χ4n) is 1.21. The molecule has 84 valence electrons. The molecule has 1 atom stereocenters. The largest absolute Gasteiger partial charge is 0.396 e. The number of aliphatic hydroxyl groups excluding tert-OH is 1. The molecule has 0 saturated carbocycles. The summed E-state index contributed by atoms with van der Waals surface area (Å²) in [6.45, 7) is 5.27. The van der Waals surface area contributed by atoms with Crippen LogP contribution in [-0.2, 0) is 0 Å². The van der Waals surface area contributed by atoms with Crippen molar-refractivity contribution in [1.29, 1.82) is 0 Å². The Kier molecular flexibility index (Phi) is 5.50. The second-order valence-corrected chi connectivity index (χ2v) is 4.79. The molecule has 1 rings (SSSR count). The van der Waals surface area contributed by atoms with Gasteiger partial charge >= 0.3 is 0 Å². The van der Waals surface area contributed by atoms with Gasteiger partial charge in [-0.05, 0) is 25.5 Å². The second-order valence-electron chi connectivity index (χ2n) is 3.33. The number of pyridine rings is 1. The van der Waals surface area contributed by atoms with E-state index in [0.29, 0.717) is 5.25 Å². The zero-order valence-electron chi connectivity index (χ0n) is 9.23. The lowest BCUT2D eigenvalue weighted by Gasteiger charge is -2.09. The molecule has 0 aliphatic carbocycles. The summed E-state index contributed by atoms with van der Waals surface area (Å²) in [4.78, 5) is 4.45. The number of rotatable bonds is 6. The maximum atomic E-state index is 8.81. The molecule has 0 radical (unpaired) electrons. The Labute approximate surface area is 95.3 Å². The average Bonchev–Trinajstić information content (AvgIpc) is 2.19. The van der Waals surface area contributed by atoms with Gasteiger partial charge in [-0.15, -0.1) is 11.8 Å². The number of thioether (sulfide) groups is 1. The summed E-state index contributed by atoms with van der Waals surface area (Å²) in [7, 11) is 0. The molecule has 0 fully saturated rings. The Morgan fingerprint density at radius 2 is 2.33 bits per heavy atom. The Morgan fingerprint density at radius 3 is 3.00 bits per heavy atom. The molecule has 1 aromatic rings. The highest BCUT2D eigenvalue weighted by Gasteiger charge is 2.05. The maximum absolute atomic E-state index is 8.81. The van der Waals surface area contributed by atoms with Crippen LogP contribution in [0.5, 0.6) is 0 Å². The third-order valence-corrected chi connectivity index (χ3v) is 3.05. The first kappa shape index (κ1) is 12.3. The molecular formula is C11H18N2OS. The third kappa shape index (κ3) is 4.53. The van der Waals surface area contributed by atoms with Gasteiger partial charge in [0.15, 0.2) is 0 Å². The van der Waals surface area contributed by atoms with E-state index in [1.54, 1.807) is 11.8 Å². The van der Waals surface area contributed by atoms with Crippen molar-refractivity contribution in [2.24, 2.45) is 0 Å². The fraction of sp³-hybridized carbons (Fsp3) is 0.545. The van der Waals surface area contributed by atoms with Gasteiger partial charge in [-0.25, -0.2) is 4.98 Å². The minimum Gasteiger partial charge on any atom is -0.396 e. The van der Waals surface area contributed by atoms with E-state index < -0.39 is 0 Å². The van der Waals surface area contributed by atoms with Crippen molar-refractivity contribution in [3.05, 3.63) is 18.2 Å². The van der Waals surface area contributed by atoms with Crippen LogP contribution in [-0.4, -0.2) is 28.5 Å². The molecule has 1 unspecified atom stereocenters. The number of aromatic nitrogens is 1. The van der Waals surface area contributed by atoms with Crippen molar-refractivity contribution in [3.63, 3.8) is 0 Å². The maximum Gasteiger partial charge on any atom is 0.127 e.